The smallest absolute Gasteiger partial charge is 0.262 e. The predicted molar refractivity (Wildman–Crippen MR) is 70.7 cm³/mol. The summed E-state index contributed by atoms with van der Waals surface area (Å²) in [5.41, 5.74) is 7.04. The molecule has 2 aromatic rings. The van der Waals surface area contributed by atoms with E-state index in [1.807, 2.05) is 0 Å². The molecule has 0 unspecified atom stereocenters. The normalized spacial score (nSPS) is 16.0. The number of aromatic nitrogens is 2. The zero-order valence-electron chi connectivity index (χ0n) is 9.27. The Labute approximate surface area is 103 Å². The molecule has 0 spiro atoms. The van der Waals surface area contributed by atoms with Crippen LogP contribution in [0.3, 0.4) is 0 Å². The van der Waals surface area contributed by atoms with Crippen LogP contribution in [0.4, 0.5) is 5.69 Å². The van der Waals surface area contributed by atoms with E-state index in [9.17, 15) is 4.79 Å². The minimum atomic E-state index is -0.0271. The average molecular weight is 247 g/mol. The van der Waals surface area contributed by atoms with Crippen molar-refractivity contribution in [2.24, 2.45) is 0 Å². The molecule has 0 atom stereocenters. The minimum absolute atomic E-state index is 0.0271. The number of hydrogen-bond acceptors (Lipinski definition) is 3. The number of benzene rings is 1. The summed E-state index contributed by atoms with van der Waals surface area (Å²) in [5, 5.41) is 0.616. The van der Waals surface area contributed by atoms with Gasteiger partial charge in [0.25, 0.3) is 5.56 Å². The van der Waals surface area contributed by atoms with Crippen molar-refractivity contribution < 1.29 is 0 Å². The number of anilines is 1. The van der Waals surface area contributed by atoms with Crippen LogP contribution in [0.2, 0.25) is 0 Å². The van der Waals surface area contributed by atoms with Gasteiger partial charge in [-0.15, -0.1) is 0 Å². The molecule has 0 bridgehead atoms. The third kappa shape index (κ3) is 1.58. The van der Waals surface area contributed by atoms with Gasteiger partial charge in [0.2, 0.25) is 0 Å². The molecule has 1 aliphatic carbocycles. The lowest BCUT2D eigenvalue weighted by molar-refractivity contribution is 0.302. The van der Waals surface area contributed by atoms with Crippen molar-refractivity contribution in [3.05, 3.63) is 33.3 Å². The highest BCUT2D eigenvalue weighted by Gasteiger charge is 2.22. The molecule has 88 valence electrons. The van der Waals surface area contributed by atoms with Crippen LogP contribution in [-0.2, 0) is 0 Å². The molecule has 0 aliphatic heterocycles. The van der Waals surface area contributed by atoms with Crippen molar-refractivity contribution in [1.29, 1.82) is 0 Å². The number of hydrogen-bond donors (Lipinski definition) is 2. The van der Waals surface area contributed by atoms with Crippen molar-refractivity contribution in [2.45, 2.75) is 25.3 Å². The summed E-state index contributed by atoms with van der Waals surface area (Å²) in [7, 11) is 0. The van der Waals surface area contributed by atoms with E-state index < -0.39 is 0 Å². The molecule has 0 saturated heterocycles. The monoisotopic (exact) mass is 247 g/mol. The summed E-state index contributed by atoms with van der Waals surface area (Å²) in [5.74, 6) is 0. The predicted octanol–water partition coefficient (Wildman–Crippen LogP) is 2.37. The van der Waals surface area contributed by atoms with Crippen molar-refractivity contribution in [1.82, 2.24) is 9.55 Å². The number of nitrogen functional groups attached to an aromatic ring is 1. The highest BCUT2D eigenvalue weighted by Crippen LogP contribution is 2.30. The molecule has 5 heteroatoms. The molecule has 1 heterocycles. The molecule has 0 amide bonds. The molecular formula is C12H13N3OS. The number of nitrogens with two attached hydrogens (primary N) is 1. The Hall–Kier alpha value is -1.62. The van der Waals surface area contributed by atoms with E-state index in [1.165, 1.54) is 6.42 Å². The molecule has 3 N–H and O–H groups in total. The van der Waals surface area contributed by atoms with Gasteiger partial charge in [0.1, 0.15) is 0 Å². The lowest BCUT2D eigenvalue weighted by atomic mass is 9.93. The van der Waals surface area contributed by atoms with E-state index >= 15 is 0 Å². The van der Waals surface area contributed by atoms with Gasteiger partial charge in [0.15, 0.2) is 4.77 Å². The standard InChI is InChI=1S/C12H13N3OS/c13-7-4-5-10-9(6-7)11(16)15(12(17)14-10)8-2-1-3-8/h4-6,8H,1-3,13H2,(H,14,17). The van der Waals surface area contributed by atoms with Gasteiger partial charge in [0.05, 0.1) is 10.9 Å². The van der Waals surface area contributed by atoms with Gasteiger partial charge in [0, 0.05) is 11.7 Å². The van der Waals surface area contributed by atoms with Crippen molar-refractivity contribution in [3.8, 4) is 0 Å². The van der Waals surface area contributed by atoms with Crippen LogP contribution >= 0.6 is 12.2 Å². The molecule has 4 nitrogen and oxygen atoms in total. The Morgan fingerprint density at radius 2 is 2.18 bits per heavy atom. The lowest BCUT2D eigenvalue weighted by Gasteiger charge is -2.27. The summed E-state index contributed by atoms with van der Waals surface area (Å²) in [6.07, 6.45) is 3.23. The van der Waals surface area contributed by atoms with Crippen molar-refractivity contribution in [2.75, 3.05) is 5.73 Å². The fraction of sp³-hybridized carbons (Fsp3) is 0.333. The third-order valence-electron chi connectivity index (χ3n) is 3.39. The molecule has 3 rings (SSSR count). The summed E-state index contributed by atoms with van der Waals surface area (Å²) in [6, 6.07) is 5.53. The summed E-state index contributed by atoms with van der Waals surface area (Å²) < 4.78 is 2.21. The first kappa shape index (κ1) is 10.5. The van der Waals surface area contributed by atoms with Crippen molar-refractivity contribution >= 4 is 28.8 Å². The average Bonchev–Trinajstić information content (AvgIpc) is 2.23. The fourth-order valence-electron chi connectivity index (χ4n) is 2.22. The molecular weight excluding hydrogens is 234 g/mol. The van der Waals surface area contributed by atoms with E-state index in [-0.39, 0.29) is 11.6 Å². The molecule has 0 radical (unpaired) electrons. The molecule has 17 heavy (non-hydrogen) atoms. The summed E-state index contributed by atoms with van der Waals surface area (Å²) >= 11 is 5.25. The van der Waals surface area contributed by atoms with Crippen LogP contribution in [0, 0.1) is 4.77 Å². The van der Waals surface area contributed by atoms with E-state index in [2.05, 4.69) is 4.98 Å². The molecule has 1 aromatic heterocycles. The Balaban J connectivity index is 2.36. The lowest BCUT2D eigenvalue weighted by Crippen LogP contribution is -2.30. The van der Waals surface area contributed by atoms with E-state index in [4.69, 9.17) is 18.0 Å². The Bertz CT molecular complexity index is 697. The van der Waals surface area contributed by atoms with Gasteiger partial charge < -0.3 is 10.7 Å². The SMILES string of the molecule is Nc1ccc2[nH]c(=S)n(C3CCC3)c(=O)c2c1. The number of nitrogens with zero attached hydrogens (tertiary/aromatic N) is 1. The molecule has 1 aliphatic rings. The highest BCUT2D eigenvalue weighted by molar-refractivity contribution is 7.71. The van der Waals surface area contributed by atoms with Crippen LogP contribution in [0.5, 0.6) is 0 Å². The van der Waals surface area contributed by atoms with Gasteiger partial charge in [-0.25, -0.2) is 0 Å². The van der Waals surface area contributed by atoms with Crippen LogP contribution in [-0.4, -0.2) is 9.55 Å². The quantitative estimate of drug-likeness (QED) is 0.600. The molecule has 1 saturated carbocycles. The van der Waals surface area contributed by atoms with Gasteiger partial charge >= 0.3 is 0 Å². The number of fused-ring (bicyclic) bond motifs is 1. The van der Waals surface area contributed by atoms with Gasteiger partial charge in [-0.05, 0) is 49.7 Å². The first-order chi connectivity index (χ1) is 8.16. The zero-order valence-corrected chi connectivity index (χ0v) is 10.1. The number of H-pyrrole nitrogens is 1. The highest BCUT2D eigenvalue weighted by atomic mass is 32.1. The maximum atomic E-state index is 12.4. The number of rotatable bonds is 1. The molecule has 1 aromatic carbocycles. The van der Waals surface area contributed by atoms with Crippen LogP contribution in [0.25, 0.3) is 10.9 Å². The number of nitrogens with one attached hydrogen (secondary N) is 1. The van der Waals surface area contributed by atoms with E-state index in [0.29, 0.717) is 15.8 Å². The maximum absolute atomic E-state index is 12.4. The van der Waals surface area contributed by atoms with Crippen LogP contribution < -0.4 is 11.3 Å². The van der Waals surface area contributed by atoms with E-state index in [0.717, 1.165) is 18.4 Å². The minimum Gasteiger partial charge on any atom is -0.399 e. The second-order valence-electron chi connectivity index (χ2n) is 4.50. The summed E-state index contributed by atoms with van der Waals surface area (Å²) in [4.78, 5) is 15.5. The zero-order chi connectivity index (χ0) is 12.0. The van der Waals surface area contributed by atoms with E-state index in [1.54, 1.807) is 22.8 Å². The summed E-state index contributed by atoms with van der Waals surface area (Å²) in [6.45, 7) is 0. The van der Waals surface area contributed by atoms with Crippen LogP contribution in [0.15, 0.2) is 23.0 Å². The van der Waals surface area contributed by atoms with Gasteiger partial charge in [-0.1, -0.05) is 0 Å². The fourth-order valence-corrected chi connectivity index (χ4v) is 2.56. The first-order valence-electron chi connectivity index (χ1n) is 5.71. The maximum Gasteiger partial charge on any atom is 0.262 e. The third-order valence-corrected chi connectivity index (χ3v) is 3.69. The Morgan fingerprint density at radius 1 is 1.41 bits per heavy atom. The Kier molecular flexibility index (Phi) is 2.29. The Morgan fingerprint density at radius 3 is 2.82 bits per heavy atom. The second-order valence-corrected chi connectivity index (χ2v) is 4.88. The van der Waals surface area contributed by atoms with Crippen molar-refractivity contribution in [3.63, 3.8) is 0 Å². The van der Waals surface area contributed by atoms with Crippen LogP contribution in [0.1, 0.15) is 25.3 Å². The van der Waals surface area contributed by atoms with Gasteiger partial charge in [-0.3, -0.25) is 9.36 Å². The molecule has 1 fully saturated rings. The first-order valence-corrected chi connectivity index (χ1v) is 6.12. The number of aromatic amines is 1. The van der Waals surface area contributed by atoms with Gasteiger partial charge in [-0.2, -0.15) is 0 Å². The largest absolute Gasteiger partial charge is 0.399 e. The second kappa shape index (κ2) is 3.70. The topological polar surface area (TPSA) is 63.8 Å².